The number of carbonyl (C=O) groups excluding carboxylic acids is 2. The third-order valence-electron chi connectivity index (χ3n) is 8.70. The molecule has 4 heterocycles. The molecule has 1 amide bonds. The van der Waals surface area contributed by atoms with Gasteiger partial charge in [-0.05, 0) is 43.9 Å². The molecule has 1 aliphatic carbocycles. The van der Waals surface area contributed by atoms with Crippen molar-refractivity contribution in [3.63, 3.8) is 0 Å². The van der Waals surface area contributed by atoms with Crippen LogP contribution in [-0.2, 0) is 38.4 Å². The molecule has 10 heteroatoms. The van der Waals surface area contributed by atoms with Crippen molar-refractivity contribution in [3.8, 4) is 0 Å². The van der Waals surface area contributed by atoms with Crippen LogP contribution in [0.5, 0.6) is 0 Å². The predicted molar refractivity (Wildman–Crippen MR) is 121 cm³/mol. The molecule has 0 aromatic carbocycles. The van der Waals surface area contributed by atoms with Crippen LogP contribution in [0.1, 0.15) is 79.6 Å². The van der Waals surface area contributed by atoms with E-state index in [9.17, 15) is 19.5 Å². The van der Waals surface area contributed by atoms with Crippen LogP contribution in [0.15, 0.2) is 0 Å². The minimum Gasteiger partial charge on any atom is -0.480 e. The number of fused-ring (bicyclic) bond motifs is 2. The Kier molecular flexibility index (Phi) is 7.48. The maximum absolute atomic E-state index is 12.7. The van der Waals surface area contributed by atoms with Gasteiger partial charge >= 0.3 is 11.9 Å². The summed E-state index contributed by atoms with van der Waals surface area (Å²) in [7, 11) is 0. The highest BCUT2D eigenvalue weighted by molar-refractivity contribution is 5.85. The first kappa shape index (κ1) is 26.3. The summed E-state index contributed by atoms with van der Waals surface area (Å²) in [5, 5.41) is 11.9. The number of carboxylic acids is 1. The molecule has 5 rings (SSSR count). The smallest absolute Gasteiger partial charge is 0.326 e. The van der Waals surface area contributed by atoms with Crippen LogP contribution in [0.2, 0.25) is 0 Å². The molecule has 1 spiro atoms. The lowest BCUT2D eigenvalue weighted by Gasteiger charge is -2.59. The maximum atomic E-state index is 12.7. The van der Waals surface area contributed by atoms with Crippen LogP contribution in [0, 0.1) is 29.6 Å². The molecule has 0 aromatic heterocycles. The monoisotopic (exact) mass is 497 g/mol. The summed E-state index contributed by atoms with van der Waals surface area (Å²) >= 11 is 0. The standard InChI is InChI=1S/C25H39NO9/c1-6-13(2)20(21(29)30)26-18(27)9-10-19(28)31-22-15(4)17-8-7-14(3)16-11-12-24(5)33-23(32-22)25(16,17)35-34-24/h13-17,20,22-23H,6-12H2,1-5H3,(H,26,27)(H,29,30)/t13-,14-,15-,16+,17+,20+,22-,23-,24-,25-/m1/s1. The van der Waals surface area contributed by atoms with E-state index >= 15 is 0 Å². The molecule has 1 saturated carbocycles. The van der Waals surface area contributed by atoms with Crippen molar-refractivity contribution >= 4 is 17.8 Å². The number of nitrogens with one attached hydrogen (secondary N) is 1. The van der Waals surface area contributed by atoms with Gasteiger partial charge in [-0.2, -0.15) is 0 Å². The lowest BCUT2D eigenvalue weighted by molar-refractivity contribution is -0.576. The van der Waals surface area contributed by atoms with E-state index in [1.807, 2.05) is 20.8 Å². The first-order valence-electron chi connectivity index (χ1n) is 12.9. The summed E-state index contributed by atoms with van der Waals surface area (Å²) in [4.78, 5) is 48.3. The van der Waals surface area contributed by atoms with Crippen LogP contribution < -0.4 is 5.32 Å². The van der Waals surface area contributed by atoms with Crippen LogP contribution >= 0.6 is 0 Å². The molecular formula is C25H39NO9. The molecule has 0 aromatic rings. The van der Waals surface area contributed by atoms with Crippen molar-refractivity contribution < 1.29 is 43.5 Å². The molecule has 4 aliphatic heterocycles. The number of hydrogen-bond donors (Lipinski definition) is 2. The molecule has 35 heavy (non-hydrogen) atoms. The third-order valence-corrected chi connectivity index (χ3v) is 8.70. The van der Waals surface area contributed by atoms with E-state index in [4.69, 9.17) is 24.0 Å². The van der Waals surface area contributed by atoms with Gasteiger partial charge in [0, 0.05) is 24.7 Å². The molecule has 4 saturated heterocycles. The van der Waals surface area contributed by atoms with Gasteiger partial charge in [0.2, 0.25) is 18.0 Å². The lowest BCUT2D eigenvalue weighted by atomic mass is 9.58. The average molecular weight is 498 g/mol. The Morgan fingerprint density at radius 1 is 1.11 bits per heavy atom. The number of carboxylic acid groups (broad SMARTS) is 1. The van der Waals surface area contributed by atoms with E-state index in [1.54, 1.807) is 6.92 Å². The summed E-state index contributed by atoms with van der Waals surface area (Å²) in [6, 6.07) is -0.991. The highest BCUT2D eigenvalue weighted by Gasteiger charge is 2.69. The second kappa shape index (κ2) is 9.95. The van der Waals surface area contributed by atoms with Gasteiger partial charge in [0.25, 0.3) is 0 Å². The van der Waals surface area contributed by atoms with Gasteiger partial charge in [0.15, 0.2) is 11.9 Å². The Morgan fingerprint density at radius 3 is 2.54 bits per heavy atom. The molecule has 198 valence electrons. The van der Waals surface area contributed by atoms with E-state index < -0.39 is 47.9 Å². The second-order valence-electron chi connectivity index (χ2n) is 11.0. The zero-order chi connectivity index (χ0) is 25.5. The molecule has 0 radical (unpaired) electrons. The number of amides is 1. The quantitative estimate of drug-likeness (QED) is 0.384. The number of carbonyl (C=O) groups is 3. The van der Waals surface area contributed by atoms with Gasteiger partial charge in [-0.3, -0.25) is 9.59 Å². The summed E-state index contributed by atoms with van der Waals surface area (Å²) in [5.74, 6) is -2.80. The molecule has 2 bridgehead atoms. The van der Waals surface area contributed by atoms with Crippen LogP contribution in [0.25, 0.3) is 0 Å². The van der Waals surface area contributed by atoms with Crippen LogP contribution in [0.4, 0.5) is 0 Å². The predicted octanol–water partition coefficient (Wildman–Crippen LogP) is 3.13. The minimum atomic E-state index is -1.09. The average Bonchev–Trinajstić information content (AvgIpc) is 3.04. The molecule has 0 unspecified atom stereocenters. The number of ether oxygens (including phenoxy) is 3. The van der Waals surface area contributed by atoms with Crippen molar-refractivity contribution in [1.82, 2.24) is 5.32 Å². The van der Waals surface area contributed by atoms with E-state index in [1.165, 1.54) is 0 Å². The summed E-state index contributed by atoms with van der Waals surface area (Å²) in [6.07, 6.45) is 2.23. The van der Waals surface area contributed by atoms with Gasteiger partial charge in [-0.25, -0.2) is 14.6 Å². The third kappa shape index (κ3) is 4.82. The molecule has 5 aliphatic rings. The number of esters is 1. The zero-order valence-corrected chi connectivity index (χ0v) is 21.3. The first-order chi connectivity index (χ1) is 16.5. The van der Waals surface area contributed by atoms with E-state index in [-0.39, 0.29) is 36.5 Å². The van der Waals surface area contributed by atoms with Crippen molar-refractivity contribution in [2.75, 3.05) is 0 Å². The Hall–Kier alpha value is -1.75. The topological polar surface area (TPSA) is 130 Å². The van der Waals surface area contributed by atoms with Gasteiger partial charge in [-0.1, -0.05) is 34.1 Å². The molecule has 10 nitrogen and oxygen atoms in total. The van der Waals surface area contributed by atoms with Crippen molar-refractivity contribution in [2.45, 2.75) is 110 Å². The van der Waals surface area contributed by atoms with Gasteiger partial charge in [-0.15, -0.1) is 0 Å². The molecule has 5 fully saturated rings. The fraction of sp³-hybridized carbons (Fsp3) is 0.880. The van der Waals surface area contributed by atoms with Crippen molar-refractivity contribution in [1.29, 1.82) is 0 Å². The molecular weight excluding hydrogens is 458 g/mol. The Morgan fingerprint density at radius 2 is 1.86 bits per heavy atom. The normalized spacial score (nSPS) is 41.7. The largest absolute Gasteiger partial charge is 0.480 e. The van der Waals surface area contributed by atoms with Gasteiger partial charge < -0.3 is 24.6 Å². The van der Waals surface area contributed by atoms with E-state index in [0.717, 1.165) is 19.3 Å². The SMILES string of the molecule is CC[C@@H](C)[C@H](NC(=O)CCC(=O)O[C@@H]1O[C@@H]2O[C@@]3(C)CC[C@H]4[C@H](C)CC[C@@H]([C@H]1C)[C@@]24OO3)C(=O)O. The fourth-order valence-corrected chi connectivity index (χ4v) is 6.34. The van der Waals surface area contributed by atoms with Crippen LogP contribution in [-0.4, -0.2) is 53.0 Å². The molecule has 2 N–H and O–H groups in total. The van der Waals surface area contributed by atoms with Crippen molar-refractivity contribution in [3.05, 3.63) is 0 Å². The summed E-state index contributed by atoms with van der Waals surface area (Å²) in [6.45, 7) is 9.67. The van der Waals surface area contributed by atoms with Gasteiger partial charge in [0.1, 0.15) is 6.04 Å². The van der Waals surface area contributed by atoms with Crippen LogP contribution in [0.3, 0.4) is 0 Å². The number of aliphatic carboxylic acids is 1. The Labute approximate surface area is 206 Å². The Bertz CT molecular complexity index is 836. The van der Waals surface area contributed by atoms with Gasteiger partial charge in [0.05, 0.1) is 6.42 Å². The number of rotatable bonds is 8. The lowest BCUT2D eigenvalue weighted by Crippen LogP contribution is -2.70. The highest BCUT2D eigenvalue weighted by atomic mass is 17.3. The second-order valence-corrected chi connectivity index (χ2v) is 11.0. The first-order valence-corrected chi connectivity index (χ1v) is 12.9. The Balaban J connectivity index is 1.39. The highest BCUT2D eigenvalue weighted by Crippen LogP contribution is 2.60. The fourth-order valence-electron chi connectivity index (χ4n) is 6.34. The van der Waals surface area contributed by atoms with Crippen molar-refractivity contribution in [2.24, 2.45) is 29.6 Å². The van der Waals surface area contributed by atoms with E-state index in [0.29, 0.717) is 18.8 Å². The zero-order valence-electron chi connectivity index (χ0n) is 21.3. The summed E-state index contributed by atoms with van der Waals surface area (Å²) in [5.41, 5.74) is -0.738. The minimum absolute atomic E-state index is 0.0260. The number of hydrogen-bond acceptors (Lipinski definition) is 8. The maximum Gasteiger partial charge on any atom is 0.326 e. The summed E-state index contributed by atoms with van der Waals surface area (Å²) < 4.78 is 18.2. The molecule has 10 atom stereocenters. The van der Waals surface area contributed by atoms with E-state index in [2.05, 4.69) is 12.2 Å².